The normalized spacial score (nSPS) is 16.7. The number of phenols is 1. The zero-order valence-electron chi connectivity index (χ0n) is 9.37. The van der Waals surface area contributed by atoms with Gasteiger partial charge in [-0.1, -0.05) is 6.92 Å². The Morgan fingerprint density at radius 1 is 1.20 bits per heavy atom. The molecule has 82 valence electrons. The fourth-order valence-corrected chi connectivity index (χ4v) is 2.30. The number of anilines is 1. The molecule has 0 atom stereocenters. The van der Waals surface area contributed by atoms with Crippen molar-refractivity contribution in [3.05, 3.63) is 23.8 Å². The van der Waals surface area contributed by atoms with Crippen LogP contribution in [0.25, 0.3) is 0 Å². The summed E-state index contributed by atoms with van der Waals surface area (Å²) in [4.78, 5) is 2.45. The summed E-state index contributed by atoms with van der Waals surface area (Å²) in [5.41, 5.74) is 2.58. The van der Waals surface area contributed by atoms with Gasteiger partial charge in [0.2, 0.25) is 0 Å². The molecule has 0 radical (unpaired) electrons. The number of hydrogen-bond acceptors (Lipinski definition) is 2. The molecule has 2 rings (SSSR count). The second-order valence-electron chi connectivity index (χ2n) is 4.21. The molecular weight excluding hydrogens is 186 g/mol. The molecule has 0 spiro atoms. The largest absolute Gasteiger partial charge is 0.508 e. The van der Waals surface area contributed by atoms with E-state index in [0.29, 0.717) is 5.75 Å². The average molecular weight is 205 g/mol. The van der Waals surface area contributed by atoms with Gasteiger partial charge < -0.3 is 10.0 Å². The SMILES string of the molecule is CCc1cc(O)ccc1N1CCCCC1. The van der Waals surface area contributed by atoms with Gasteiger partial charge in [-0.2, -0.15) is 0 Å². The predicted octanol–water partition coefficient (Wildman–Crippen LogP) is 2.94. The summed E-state index contributed by atoms with van der Waals surface area (Å²) in [5.74, 6) is 0.382. The zero-order valence-corrected chi connectivity index (χ0v) is 9.37. The maximum Gasteiger partial charge on any atom is 0.116 e. The molecule has 0 aliphatic carbocycles. The van der Waals surface area contributed by atoms with Gasteiger partial charge in [0.25, 0.3) is 0 Å². The van der Waals surface area contributed by atoms with E-state index in [0.717, 1.165) is 19.5 Å². The van der Waals surface area contributed by atoms with Crippen molar-refractivity contribution in [2.24, 2.45) is 0 Å². The van der Waals surface area contributed by atoms with E-state index in [1.807, 2.05) is 6.07 Å². The zero-order chi connectivity index (χ0) is 10.7. The summed E-state index contributed by atoms with van der Waals surface area (Å²) < 4.78 is 0. The second kappa shape index (κ2) is 4.56. The van der Waals surface area contributed by atoms with Crippen molar-refractivity contribution in [1.29, 1.82) is 0 Å². The highest BCUT2D eigenvalue weighted by atomic mass is 16.3. The lowest BCUT2D eigenvalue weighted by atomic mass is 10.1. The fourth-order valence-electron chi connectivity index (χ4n) is 2.30. The van der Waals surface area contributed by atoms with Gasteiger partial charge in [-0.25, -0.2) is 0 Å². The summed E-state index contributed by atoms with van der Waals surface area (Å²) in [6.45, 7) is 4.47. The maximum absolute atomic E-state index is 9.45. The van der Waals surface area contributed by atoms with Crippen molar-refractivity contribution in [3.63, 3.8) is 0 Å². The molecule has 1 heterocycles. The number of nitrogens with zero attached hydrogens (tertiary/aromatic N) is 1. The van der Waals surface area contributed by atoms with Gasteiger partial charge in [0, 0.05) is 18.8 Å². The smallest absolute Gasteiger partial charge is 0.116 e. The van der Waals surface area contributed by atoms with Crippen LogP contribution in [0.4, 0.5) is 5.69 Å². The van der Waals surface area contributed by atoms with Crippen LogP contribution in [-0.2, 0) is 6.42 Å². The van der Waals surface area contributed by atoms with Crippen molar-refractivity contribution < 1.29 is 5.11 Å². The van der Waals surface area contributed by atoms with Crippen LogP contribution in [0.3, 0.4) is 0 Å². The van der Waals surface area contributed by atoms with Crippen LogP contribution in [-0.4, -0.2) is 18.2 Å². The fraction of sp³-hybridized carbons (Fsp3) is 0.538. The molecule has 1 aromatic rings. The maximum atomic E-state index is 9.45. The molecule has 0 aromatic heterocycles. The Morgan fingerprint density at radius 2 is 1.93 bits per heavy atom. The molecular formula is C13H19NO. The second-order valence-corrected chi connectivity index (χ2v) is 4.21. The highest BCUT2D eigenvalue weighted by Crippen LogP contribution is 2.27. The first-order valence-electron chi connectivity index (χ1n) is 5.88. The predicted molar refractivity (Wildman–Crippen MR) is 63.5 cm³/mol. The number of aromatic hydroxyl groups is 1. The number of hydrogen-bond donors (Lipinski definition) is 1. The number of phenolic OH excluding ortho intramolecular Hbond substituents is 1. The van der Waals surface area contributed by atoms with E-state index in [1.165, 1.54) is 30.5 Å². The lowest BCUT2D eigenvalue weighted by molar-refractivity contribution is 0.474. The first-order chi connectivity index (χ1) is 7.31. The number of aryl methyl sites for hydroxylation is 1. The van der Waals surface area contributed by atoms with Crippen LogP contribution in [0.2, 0.25) is 0 Å². The quantitative estimate of drug-likeness (QED) is 0.802. The third-order valence-corrected chi connectivity index (χ3v) is 3.14. The Morgan fingerprint density at radius 3 is 2.60 bits per heavy atom. The molecule has 0 bridgehead atoms. The van der Waals surface area contributed by atoms with Crippen LogP contribution in [0.1, 0.15) is 31.7 Å². The van der Waals surface area contributed by atoms with E-state index >= 15 is 0 Å². The molecule has 2 nitrogen and oxygen atoms in total. The first-order valence-corrected chi connectivity index (χ1v) is 5.88. The summed E-state index contributed by atoms with van der Waals surface area (Å²) in [6, 6.07) is 5.74. The highest BCUT2D eigenvalue weighted by molar-refractivity contribution is 5.56. The van der Waals surface area contributed by atoms with Crippen molar-refractivity contribution in [2.45, 2.75) is 32.6 Å². The summed E-state index contributed by atoms with van der Waals surface area (Å²) >= 11 is 0. The standard InChI is InChI=1S/C13H19NO/c1-2-11-10-12(15)6-7-13(11)14-8-4-3-5-9-14/h6-7,10,15H,2-5,8-9H2,1H3. The van der Waals surface area contributed by atoms with Crippen LogP contribution in [0, 0.1) is 0 Å². The van der Waals surface area contributed by atoms with Gasteiger partial charge in [-0.15, -0.1) is 0 Å². The van der Waals surface area contributed by atoms with Crippen molar-refractivity contribution in [1.82, 2.24) is 0 Å². The first kappa shape index (κ1) is 10.3. The van der Waals surface area contributed by atoms with Gasteiger partial charge in [-0.3, -0.25) is 0 Å². The Kier molecular flexibility index (Phi) is 3.14. The minimum Gasteiger partial charge on any atom is -0.508 e. The molecule has 15 heavy (non-hydrogen) atoms. The van der Waals surface area contributed by atoms with E-state index < -0.39 is 0 Å². The third-order valence-electron chi connectivity index (χ3n) is 3.14. The monoisotopic (exact) mass is 205 g/mol. The van der Waals surface area contributed by atoms with Crippen molar-refractivity contribution in [3.8, 4) is 5.75 Å². The van der Waals surface area contributed by atoms with Gasteiger partial charge in [-0.05, 0) is 49.4 Å². The number of rotatable bonds is 2. The Labute approximate surface area is 91.5 Å². The van der Waals surface area contributed by atoms with Crippen molar-refractivity contribution >= 4 is 5.69 Å². The molecule has 1 aliphatic heterocycles. The van der Waals surface area contributed by atoms with E-state index in [2.05, 4.69) is 17.9 Å². The Balaban J connectivity index is 2.25. The summed E-state index contributed by atoms with van der Waals surface area (Å²) in [7, 11) is 0. The van der Waals surface area contributed by atoms with E-state index in [4.69, 9.17) is 0 Å². The van der Waals surface area contributed by atoms with E-state index in [9.17, 15) is 5.11 Å². The summed E-state index contributed by atoms with van der Waals surface area (Å²) in [6.07, 6.45) is 4.93. The molecule has 1 saturated heterocycles. The van der Waals surface area contributed by atoms with E-state index in [1.54, 1.807) is 6.07 Å². The molecule has 0 unspecified atom stereocenters. The van der Waals surface area contributed by atoms with Gasteiger partial charge >= 0.3 is 0 Å². The van der Waals surface area contributed by atoms with Crippen LogP contribution < -0.4 is 4.90 Å². The topological polar surface area (TPSA) is 23.5 Å². The molecule has 1 aliphatic rings. The minimum absolute atomic E-state index is 0.382. The number of benzene rings is 1. The Hall–Kier alpha value is -1.18. The molecule has 1 fully saturated rings. The van der Waals surface area contributed by atoms with Crippen LogP contribution in [0.5, 0.6) is 5.75 Å². The summed E-state index contributed by atoms with van der Waals surface area (Å²) in [5, 5.41) is 9.45. The van der Waals surface area contributed by atoms with Gasteiger partial charge in [0.15, 0.2) is 0 Å². The molecule has 0 saturated carbocycles. The van der Waals surface area contributed by atoms with Crippen LogP contribution >= 0.6 is 0 Å². The number of piperidine rings is 1. The van der Waals surface area contributed by atoms with Crippen molar-refractivity contribution in [2.75, 3.05) is 18.0 Å². The third kappa shape index (κ3) is 2.25. The van der Waals surface area contributed by atoms with Gasteiger partial charge in [0.05, 0.1) is 0 Å². The highest BCUT2D eigenvalue weighted by Gasteiger charge is 2.13. The Bertz CT molecular complexity index is 329. The minimum atomic E-state index is 0.382. The molecule has 0 amide bonds. The lowest BCUT2D eigenvalue weighted by Crippen LogP contribution is -2.30. The molecule has 1 N–H and O–H groups in total. The molecule has 1 aromatic carbocycles. The van der Waals surface area contributed by atoms with E-state index in [-0.39, 0.29) is 0 Å². The van der Waals surface area contributed by atoms with Crippen LogP contribution in [0.15, 0.2) is 18.2 Å². The molecule has 2 heteroatoms. The van der Waals surface area contributed by atoms with Gasteiger partial charge in [0.1, 0.15) is 5.75 Å². The lowest BCUT2D eigenvalue weighted by Gasteiger charge is -2.30. The average Bonchev–Trinajstić information content (AvgIpc) is 2.30.